The number of H-pyrrole nitrogens is 3. The largest absolute Gasteiger partial charge is 0.353 e. The molecular formula is C48H57N9. The van der Waals surface area contributed by atoms with E-state index in [9.17, 15) is 0 Å². The Labute approximate surface area is 337 Å². The zero-order chi connectivity index (χ0) is 39.7. The zero-order valence-corrected chi connectivity index (χ0v) is 34.6. The molecule has 0 spiro atoms. The van der Waals surface area contributed by atoms with Gasteiger partial charge in [0.15, 0.2) is 0 Å². The first-order valence-corrected chi connectivity index (χ1v) is 20.9. The number of benzene rings is 2. The second-order valence-electron chi connectivity index (χ2n) is 14.8. The third-order valence-corrected chi connectivity index (χ3v) is 11.6. The van der Waals surface area contributed by atoms with Crippen LogP contribution in [0.3, 0.4) is 0 Å². The van der Waals surface area contributed by atoms with E-state index in [-0.39, 0.29) is 0 Å². The molecule has 12 bridgehead atoms. The van der Waals surface area contributed by atoms with Crippen molar-refractivity contribution < 1.29 is 0 Å². The van der Waals surface area contributed by atoms with E-state index in [1.807, 2.05) is 37.3 Å². The van der Waals surface area contributed by atoms with Crippen LogP contribution in [0.2, 0.25) is 0 Å². The third-order valence-electron chi connectivity index (χ3n) is 11.6. The van der Waals surface area contributed by atoms with Crippen LogP contribution in [0.1, 0.15) is 142 Å². The molecule has 0 unspecified atom stereocenters. The van der Waals surface area contributed by atoms with E-state index in [1.54, 1.807) is 0 Å². The van der Waals surface area contributed by atoms with Crippen molar-refractivity contribution in [1.29, 1.82) is 0 Å². The van der Waals surface area contributed by atoms with Gasteiger partial charge in [0.1, 0.15) is 0 Å². The van der Waals surface area contributed by atoms with Crippen molar-refractivity contribution in [3.05, 3.63) is 137 Å². The molecule has 9 nitrogen and oxygen atoms in total. The van der Waals surface area contributed by atoms with Gasteiger partial charge in [-0.05, 0) is 142 Å². The van der Waals surface area contributed by atoms with Crippen molar-refractivity contribution in [3.8, 4) is 0 Å². The zero-order valence-electron chi connectivity index (χ0n) is 34.6. The molecule has 0 saturated carbocycles. The van der Waals surface area contributed by atoms with Crippen LogP contribution < -0.4 is 0 Å². The molecule has 8 rings (SSSR count). The Morgan fingerprint density at radius 2 is 0.456 bits per heavy atom. The van der Waals surface area contributed by atoms with Crippen LogP contribution >= 0.6 is 0 Å². The normalized spacial score (nSPS) is 14.4. The molecule has 294 valence electrons. The van der Waals surface area contributed by atoms with Crippen LogP contribution in [-0.2, 0) is 77.8 Å². The quantitative estimate of drug-likeness (QED) is 0.153. The molecule has 5 aromatic rings. The van der Waals surface area contributed by atoms with E-state index in [4.69, 9.17) is 30.0 Å². The van der Waals surface area contributed by atoms with Crippen molar-refractivity contribution in [3.63, 3.8) is 0 Å². The van der Waals surface area contributed by atoms with E-state index in [0.717, 1.165) is 72.7 Å². The lowest BCUT2D eigenvalue weighted by Crippen LogP contribution is -2.13. The van der Waals surface area contributed by atoms with Crippen LogP contribution in [0.5, 0.6) is 0 Å². The number of aliphatic imine (C=N–C) groups is 6. The lowest BCUT2D eigenvalue weighted by Gasteiger charge is -2.24. The SMILES string of the molecule is CCc1c2c(CC)c3c(CC)c1CN=Cc1ccc([nH]1)C=NCc1c(CC)c(c(CC)c(c1CC)CN=Cc1ccc([nH]1)C=NC3)CN=Cc1ccc([nH]1)C=NC2. The number of hydrogen-bond acceptors (Lipinski definition) is 6. The van der Waals surface area contributed by atoms with E-state index < -0.39 is 0 Å². The maximum absolute atomic E-state index is 5.07. The summed E-state index contributed by atoms with van der Waals surface area (Å²) in [6.07, 6.45) is 17.2. The highest BCUT2D eigenvalue weighted by atomic mass is 14.8. The molecule has 0 saturated heterocycles. The summed E-state index contributed by atoms with van der Waals surface area (Å²) >= 11 is 0. The summed E-state index contributed by atoms with van der Waals surface area (Å²) in [5.41, 5.74) is 21.6. The molecule has 3 aromatic heterocycles. The number of rotatable bonds is 6. The Bertz CT molecular complexity index is 1920. The molecule has 3 N–H and O–H groups in total. The minimum Gasteiger partial charge on any atom is -0.353 e. The van der Waals surface area contributed by atoms with Crippen molar-refractivity contribution in [1.82, 2.24) is 15.0 Å². The minimum atomic E-state index is 0.586. The highest BCUT2D eigenvalue weighted by molar-refractivity contribution is 5.85. The molecule has 6 heterocycles. The topological polar surface area (TPSA) is 122 Å². The summed E-state index contributed by atoms with van der Waals surface area (Å²) in [5, 5.41) is 0. The summed E-state index contributed by atoms with van der Waals surface area (Å²) < 4.78 is 0. The first-order chi connectivity index (χ1) is 28.0. The van der Waals surface area contributed by atoms with Gasteiger partial charge >= 0.3 is 0 Å². The van der Waals surface area contributed by atoms with Crippen LogP contribution in [-0.4, -0.2) is 52.2 Å². The van der Waals surface area contributed by atoms with Gasteiger partial charge in [-0.1, -0.05) is 41.5 Å². The Kier molecular flexibility index (Phi) is 12.8. The van der Waals surface area contributed by atoms with Gasteiger partial charge in [0.25, 0.3) is 0 Å². The van der Waals surface area contributed by atoms with Gasteiger partial charge in [0, 0.05) is 37.3 Å². The highest BCUT2D eigenvalue weighted by Crippen LogP contribution is 2.34. The van der Waals surface area contributed by atoms with E-state index in [1.165, 1.54) is 66.8 Å². The average molecular weight is 760 g/mol. The van der Waals surface area contributed by atoms with Gasteiger partial charge in [-0.3, -0.25) is 30.0 Å². The smallest absolute Gasteiger partial charge is 0.0646 e. The van der Waals surface area contributed by atoms with E-state index >= 15 is 0 Å². The number of nitrogens with one attached hydrogen (secondary N) is 3. The predicted octanol–water partition coefficient (Wildman–Crippen LogP) is 9.39. The van der Waals surface area contributed by atoms with Gasteiger partial charge in [-0.2, -0.15) is 0 Å². The van der Waals surface area contributed by atoms with Crippen LogP contribution in [0.25, 0.3) is 0 Å². The number of fused-ring (bicyclic) bond motifs is 6. The van der Waals surface area contributed by atoms with Crippen molar-refractivity contribution in [2.75, 3.05) is 0 Å². The first-order valence-electron chi connectivity index (χ1n) is 20.9. The molecule has 0 radical (unpaired) electrons. The number of aromatic nitrogens is 3. The molecule has 3 aliphatic heterocycles. The maximum atomic E-state index is 5.07. The molecule has 57 heavy (non-hydrogen) atoms. The van der Waals surface area contributed by atoms with Gasteiger partial charge in [-0.15, -0.1) is 0 Å². The molecular weight excluding hydrogens is 703 g/mol. The van der Waals surface area contributed by atoms with E-state index in [2.05, 4.69) is 92.9 Å². The van der Waals surface area contributed by atoms with Crippen molar-refractivity contribution >= 4 is 37.3 Å². The van der Waals surface area contributed by atoms with Gasteiger partial charge in [-0.25, -0.2) is 0 Å². The Morgan fingerprint density at radius 1 is 0.298 bits per heavy atom. The number of aromatic amines is 3. The van der Waals surface area contributed by atoms with Gasteiger partial charge in [0.05, 0.1) is 73.4 Å². The third kappa shape index (κ3) is 8.53. The van der Waals surface area contributed by atoms with Crippen LogP contribution in [0.15, 0.2) is 66.4 Å². The fraction of sp³-hybridized carbons (Fsp3) is 0.375. The summed E-state index contributed by atoms with van der Waals surface area (Å²) in [4.78, 5) is 41.0. The molecule has 9 heteroatoms. The average Bonchev–Trinajstić information content (AvgIpc) is 3.99. The Balaban J connectivity index is 1.47. The molecule has 0 fully saturated rings. The predicted molar refractivity (Wildman–Crippen MR) is 239 cm³/mol. The standard InChI is InChI=1S/C48H57N9/c1-7-37-43-25-49-19-31-13-15-34(55-31)22-52-28-46-40(10-4)47-29-53-23-35-16-14-32(56-35)20-50-26-44(37)39(9-3)45(38(43)8-2)27-51-21-33-17-18-36(57-33)24-54-30-48(41(46)11-5)42(47)12-6/h13-24,55-57H,7-12,25-30H2,1-6H3. The van der Waals surface area contributed by atoms with Gasteiger partial charge in [0.2, 0.25) is 0 Å². The molecule has 2 aromatic carbocycles. The van der Waals surface area contributed by atoms with Gasteiger partial charge < -0.3 is 15.0 Å². The lowest BCUT2D eigenvalue weighted by atomic mass is 9.83. The number of hydrogen-bond donors (Lipinski definition) is 3. The lowest BCUT2D eigenvalue weighted by molar-refractivity contribution is 0.855. The molecule has 0 atom stereocenters. The maximum Gasteiger partial charge on any atom is 0.0646 e. The van der Waals surface area contributed by atoms with E-state index in [0.29, 0.717) is 39.3 Å². The fourth-order valence-corrected chi connectivity index (χ4v) is 9.04. The number of nitrogens with zero attached hydrogens (tertiary/aromatic N) is 6. The summed E-state index contributed by atoms with van der Waals surface area (Å²) in [7, 11) is 0. The van der Waals surface area contributed by atoms with Crippen LogP contribution in [0, 0.1) is 0 Å². The molecule has 0 aliphatic carbocycles. The second-order valence-corrected chi connectivity index (χ2v) is 14.8. The Hall–Kier alpha value is -5.70. The Morgan fingerprint density at radius 3 is 0.596 bits per heavy atom. The van der Waals surface area contributed by atoms with Crippen molar-refractivity contribution in [2.45, 2.75) is 119 Å². The first kappa shape index (κ1) is 39.5. The minimum absolute atomic E-state index is 0.586. The highest BCUT2D eigenvalue weighted by Gasteiger charge is 2.22. The van der Waals surface area contributed by atoms with Crippen LogP contribution in [0.4, 0.5) is 0 Å². The van der Waals surface area contributed by atoms with Crippen molar-refractivity contribution in [2.24, 2.45) is 30.0 Å². The fourth-order valence-electron chi connectivity index (χ4n) is 9.04. The summed E-state index contributed by atoms with van der Waals surface area (Å²) in [6.45, 7) is 17.1. The monoisotopic (exact) mass is 759 g/mol. The summed E-state index contributed by atoms with van der Waals surface area (Å²) in [5.74, 6) is 0. The molecule has 3 aliphatic rings. The molecule has 0 amide bonds. The summed E-state index contributed by atoms with van der Waals surface area (Å²) in [6, 6.07) is 12.5. The second kappa shape index (κ2) is 18.5.